The van der Waals surface area contributed by atoms with Crippen LogP contribution in [0.2, 0.25) is 0 Å². The zero-order valence-electron chi connectivity index (χ0n) is 12.0. The fourth-order valence-electron chi connectivity index (χ4n) is 2.05. The number of carbonyl (C=O) groups is 1. The highest BCUT2D eigenvalue weighted by Crippen LogP contribution is 2.32. The first kappa shape index (κ1) is 14.0. The number of carbonyl (C=O) groups excluding carboxylic acids is 1. The summed E-state index contributed by atoms with van der Waals surface area (Å²) in [6.07, 6.45) is 0.327. The second kappa shape index (κ2) is 5.70. The van der Waals surface area contributed by atoms with Gasteiger partial charge in [0.15, 0.2) is 0 Å². The minimum absolute atomic E-state index is 0.370. The van der Waals surface area contributed by atoms with Gasteiger partial charge >= 0.3 is 6.09 Å². The summed E-state index contributed by atoms with van der Waals surface area (Å²) in [7, 11) is 1.70. The van der Waals surface area contributed by atoms with E-state index in [0.717, 1.165) is 22.4 Å². The normalized spacial score (nSPS) is 12.6. The average Bonchev–Trinajstić information content (AvgIpc) is 2.74. The molecule has 0 saturated carbocycles. The summed E-state index contributed by atoms with van der Waals surface area (Å²) < 4.78 is 5.33. The Morgan fingerprint density at radius 1 is 1.50 bits per heavy atom. The molecule has 20 heavy (non-hydrogen) atoms. The van der Waals surface area contributed by atoms with Crippen LogP contribution >= 0.6 is 0 Å². The number of rotatable bonds is 2. The SMILES string of the molecule is CC#CC1=C(N)Cc2ccc(OC(=O)N(C)CC)cc21. The first-order chi connectivity index (χ1) is 9.56. The van der Waals surface area contributed by atoms with Crippen molar-refractivity contribution in [3.05, 3.63) is 35.0 Å². The molecule has 2 N–H and O–H groups in total. The molecule has 1 aliphatic carbocycles. The van der Waals surface area contributed by atoms with E-state index in [-0.39, 0.29) is 6.09 Å². The minimum atomic E-state index is -0.370. The smallest absolute Gasteiger partial charge is 0.410 e. The third-order valence-corrected chi connectivity index (χ3v) is 3.29. The maximum Gasteiger partial charge on any atom is 0.414 e. The molecule has 0 heterocycles. The fourth-order valence-corrected chi connectivity index (χ4v) is 2.05. The molecule has 0 atom stereocenters. The van der Waals surface area contributed by atoms with Gasteiger partial charge in [-0.05, 0) is 37.1 Å². The lowest BCUT2D eigenvalue weighted by molar-refractivity contribution is 0.165. The van der Waals surface area contributed by atoms with Crippen LogP contribution in [0.15, 0.2) is 23.9 Å². The van der Waals surface area contributed by atoms with Gasteiger partial charge in [-0.1, -0.05) is 12.0 Å². The topological polar surface area (TPSA) is 55.6 Å². The highest BCUT2D eigenvalue weighted by atomic mass is 16.6. The van der Waals surface area contributed by atoms with E-state index < -0.39 is 0 Å². The molecule has 0 unspecified atom stereocenters. The highest BCUT2D eigenvalue weighted by Gasteiger charge is 2.20. The van der Waals surface area contributed by atoms with Crippen molar-refractivity contribution in [3.8, 4) is 17.6 Å². The molecular formula is C16H18N2O2. The first-order valence-corrected chi connectivity index (χ1v) is 6.54. The van der Waals surface area contributed by atoms with Gasteiger partial charge in [-0.2, -0.15) is 0 Å². The van der Waals surface area contributed by atoms with E-state index in [0.29, 0.717) is 18.7 Å². The zero-order valence-corrected chi connectivity index (χ0v) is 12.0. The molecule has 1 aliphatic rings. The minimum Gasteiger partial charge on any atom is -0.410 e. The van der Waals surface area contributed by atoms with Gasteiger partial charge in [-0.25, -0.2) is 4.79 Å². The lowest BCUT2D eigenvalue weighted by Crippen LogP contribution is -2.29. The maximum atomic E-state index is 11.8. The number of nitrogens with zero attached hydrogens (tertiary/aromatic N) is 1. The molecular weight excluding hydrogens is 252 g/mol. The molecule has 0 saturated heterocycles. The van der Waals surface area contributed by atoms with Gasteiger partial charge in [0.25, 0.3) is 0 Å². The van der Waals surface area contributed by atoms with Gasteiger partial charge in [-0.3, -0.25) is 0 Å². The molecule has 4 nitrogen and oxygen atoms in total. The molecule has 1 amide bonds. The van der Waals surface area contributed by atoms with Crippen molar-refractivity contribution in [2.24, 2.45) is 5.73 Å². The van der Waals surface area contributed by atoms with Crippen molar-refractivity contribution in [1.82, 2.24) is 4.90 Å². The number of benzene rings is 1. The lowest BCUT2D eigenvalue weighted by atomic mass is 10.1. The average molecular weight is 270 g/mol. The van der Waals surface area contributed by atoms with Crippen LogP contribution in [0.25, 0.3) is 5.57 Å². The summed E-state index contributed by atoms with van der Waals surface area (Å²) in [5.41, 5.74) is 9.68. The standard InChI is InChI=1S/C16H18N2O2/c1-4-6-13-14-10-12(20-16(19)18(3)5-2)8-7-11(14)9-15(13)17/h7-8,10H,5,9,17H2,1-3H3. The summed E-state index contributed by atoms with van der Waals surface area (Å²) in [5, 5.41) is 0. The number of hydrogen-bond donors (Lipinski definition) is 1. The van der Waals surface area contributed by atoms with E-state index in [4.69, 9.17) is 10.5 Å². The fraction of sp³-hybridized carbons (Fsp3) is 0.312. The predicted molar refractivity (Wildman–Crippen MR) is 79.0 cm³/mol. The highest BCUT2D eigenvalue weighted by molar-refractivity contribution is 5.87. The molecule has 0 spiro atoms. The summed E-state index contributed by atoms with van der Waals surface area (Å²) in [5.74, 6) is 6.40. The van der Waals surface area contributed by atoms with Crippen LogP contribution in [0.3, 0.4) is 0 Å². The Balaban J connectivity index is 2.28. The van der Waals surface area contributed by atoms with Crippen LogP contribution in [-0.4, -0.2) is 24.6 Å². The van der Waals surface area contributed by atoms with Gasteiger partial charge in [0.2, 0.25) is 0 Å². The van der Waals surface area contributed by atoms with Crippen LogP contribution in [-0.2, 0) is 6.42 Å². The van der Waals surface area contributed by atoms with Gasteiger partial charge < -0.3 is 15.4 Å². The molecule has 4 heteroatoms. The Bertz CT molecular complexity index is 636. The van der Waals surface area contributed by atoms with Gasteiger partial charge in [0.1, 0.15) is 5.75 Å². The Hall–Kier alpha value is -2.41. The predicted octanol–water partition coefficient (Wildman–Crippen LogP) is 2.39. The molecule has 0 fully saturated rings. The van der Waals surface area contributed by atoms with Crippen LogP contribution < -0.4 is 10.5 Å². The van der Waals surface area contributed by atoms with E-state index >= 15 is 0 Å². The number of nitrogens with two attached hydrogens (primary N) is 1. The van der Waals surface area contributed by atoms with Gasteiger partial charge in [-0.15, -0.1) is 5.92 Å². The largest absolute Gasteiger partial charge is 0.414 e. The van der Waals surface area contributed by atoms with E-state index in [1.165, 1.54) is 4.90 Å². The number of ether oxygens (including phenoxy) is 1. The van der Waals surface area contributed by atoms with Crippen molar-refractivity contribution in [3.63, 3.8) is 0 Å². The van der Waals surface area contributed by atoms with E-state index in [1.807, 2.05) is 19.1 Å². The molecule has 2 rings (SSSR count). The quantitative estimate of drug-likeness (QED) is 0.839. The monoisotopic (exact) mass is 270 g/mol. The number of hydrogen-bond acceptors (Lipinski definition) is 3. The Morgan fingerprint density at radius 2 is 2.25 bits per heavy atom. The Morgan fingerprint density at radius 3 is 2.90 bits per heavy atom. The summed E-state index contributed by atoms with van der Waals surface area (Å²) in [6.45, 7) is 4.27. The van der Waals surface area contributed by atoms with Gasteiger partial charge in [0.05, 0.1) is 5.57 Å². The molecule has 1 aromatic carbocycles. The van der Waals surface area contributed by atoms with E-state index in [1.54, 1.807) is 20.0 Å². The van der Waals surface area contributed by atoms with Crippen LogP contribution in [0.1, 0.15) is 25.0 Å². The Kier molecular flexibility index (Phi) is 3.99. The van der Waals surface area contributed by atoms with Crippen molar-refractivity contribution >= 4 is 11.7 Å². The molecule has 1 aromatic rings. The molecule has 0 aliphatic heterocycles. The molecule has 0 aromatic heterocycles. The molecule has 0 radical (unpaired) electrons. The van der Waals surface area contributed by atoms with Crippen molar-refractivity contribution in [2.75, 3.05) is 13.6 Å². The first-order valence-electron chi connectivity index (χ1n) is 6.54. The summed E-state index contributed by atoms with van der Waals surface area (Å²) in [4.78, 5) is 13.3. The second-order valence-corrected chi connectivity index (χ2v) is 4.65. The number of fused-ring (bicyclic) bond motifs is 1. The lowest BCUT2D eigenvalue weighted by Gasteiger charge is -2.14. The van der Waals surface area contributed by atoms with E-state index in [9.17, 15) is 4.79 Å². The van der Waals surface area contributed by atoms with Crippen molar-refractivity contribution < 1.29 is 9.53 Å². The van der Waals surface area contributed by atoms with Crippen LogP contribution in [0.5, 0.6) is 5.75 Å². The second-order valence-electron chi connectivity index (χ2n) is 4.65. The number of amides is 1. The summed E-state index contributed by atoms with van der Waals surface area (Å²) >= 11 is 0. The maximum absolute atomic E-state index is 11.8. The zero-order chi connectivity index (χ0) is 14.7. The van der Waals surface area contributed by atoms with Crippen LogP contribution in [0.4, 0.5) is 4.79 Å². The van der Waals surface area contributed by atoms with Crippen molar-refractivity contribution in [2.45, 2.75) is 20.3 Å². The van der Waals surface area contributed by atoms with Gasteiger partial charge in [0, 0.05) is 25.7 Å². The molecule has 0 bridgehead atoms. The Labute approximate surface area is 119 Å². The van der Waals surface area contributed by atoms with E-state index in [2.05, 4.69) is 11.8 Å². The molecule has 104 valence electrons. The third-order valence-electron chi connectivity index (χ3n) is 3.29. The van der Waals surface area contributed by atoms with Crippen LogP contribution in [0, 0.1) is 11.8 Å². The third kappa shape index (κ3) is 2.62. The number of allylic oxidation sites excluding steroid dienone is 2. The summed E-state index contributed by atoms with van der Waals surface area (Å²) in [6, 6.07) is 5.55. The van der Waals surface area contributed by atoms with Crippen molar-refractivity contribution in [1.29, 1.82) is 0 Å².